The number of hydrogen-bond donors (Lipinski definition) is 1. The fourth-order valence-electron chi connectivity index (χ4n) is 2.53. The van der Waals surface area contributed by atoms with Crippen LogP contribution in [0.3, 0.4) is 0 Å². The van der Waals surface area contributed by atoms with Crippen molar-refractivity contribution in [1.82, 2.24) is 24.7 Å². The molecule has 0 saturated carbocycles. The van der Waals surface area contributed by atoms with E-state index in [1.165, 1.54) is 0 Å². The Kier molecular flexibility index (Phi) is 3.50. The molecule has 8 nitrogen and oxygen atoms in total. The van der Waals surface area contributed by atoms with Crippen LogP contribution in [0.1, 0.15) is 21.8 Å². The Hall–Kier alpha value is -3.55. The number of rotatable bonds is 3. The Labute approximate surface area is 142 Å². The number of hydrogen-bond acceptors (Lipinski definition) is 6. The summed E-state index contributed by atoms with van der Waals surface area (Å²) in [6, 6.07) is 7.22. The Balaban J connectivity index is 1.68. The van der Waals surface area contributed by atoms with Crippen molar-refractivity contribution in [3.63, 3.8) is 0 Å². The molecule has 0 aliphatic heterocycles. The van der Waals surface area contributed by atoms with Gasteiger partial charge in [-0.3, -0.25) is 4.79 Å². The average Bonchev–Trinajstić information content (AvgIpc) is 3.22. The van der Waals surface area contributed by atoms with Gasteiger partial charge in [0.05, 0.1) is 6.20 Å². The van der Waals surface area contributed by atoms with Crippen molar-refractivity contribution in [3.05, 3.63) is 59.9 Å². The lowest BCUT2D eigenvalue weighted by Crippen LogP contribution is -2.13. The molecule has 25 heavy (non-hydrogen) atoms. The number of aryl methyl sites for hydroxylation is 2. The van der Waals surface area contributed by atoms with Gasteiger partial charge in [-0.15, -0.1) is 0 Å². The van der Waals surface area contributed by atoms with Crippen molar-refractivity contribution in [1.29, 1.82) is 0 Å². The second-order valence-corrected chi connectivity index (χ2v) is 5.57. The predicted molar refractivity (Wildman–Crippen MR) is 90.1 cm³/mol. The van der Waals surface area contributed by atoms with E-state index in [1.807, 2.05) is 19.1 Å². The van der Waals surface area contributed by atoms with Crippen LogP contribution in [0.2, 0.25) is 0 Å². The summed E-state index contributed by atoms with van der Waals surface area (Å²) in [5.74, 6) is 0.670. The number of benzene rings is 1. The van der Waals surface area contributed by atoms with Gasteiger partial charge in [0.1, 0.15) is 5.69 Å². The maximum Gasteiger partial charge on any atom is 0.256 e. The van der Waals surface area contributed by atoms with Gasteiger partial charge in [0.15, 0.2) is 5.65 Å². The normalized spacial score (nSPS) is 11.0. The lowest BCUT2D eigenvalue weighted by Gasteiger charge is -2.07. The smallest absolute Gasteiger partial charge is 0.256 e. The van der Waals surface area contributed by atoms with Crippen molar-refractivity contribution < 1.29 is 9.32 Å². The summed E-state index contributed by atoms with van der Waals surface area (Å²) in [7, 11) is 0. The van der Waals surface area contributed by atoms with Crippen LogP contribution in [0, 0.1) is 13.8 Å². The van der Waals surface area contributed by atoms with Gasteiger partial charge in [0, 0.05) is 30.4 Å². The van der Waals surface area contributed by atoms with Crippen LogP contribution in [0.4, 0.5) is 5.69 Å². The third kappa shape index (κ3) is 2.74. The van der Waals surface area contributed by atoms with Gasteiger partial charge in [-0.2, -0.15) is 10.1 Å². The Morgan fingerprint density at radius 2 is 2.16 bits per heavy atom. The summed E-state index contributed by atoms with van der Waals surface area (Å²) in [6.07, 6.45) is 4.99. The van der Waals surface area contributed by atoms with Crippen molar-refractivity contribution in [2.45, 2.75) is 13.8 Å². The minimum absolute atomic E-state index is 0.250. The standard InChI is InChI=1S/C17H14N6O2/c1-10-4-5-12(15-20-11(2)25-22-15)8-13(10)17(24)21-14-9-19-23-7-3-6-18-16(14)23/h3-9H,1-2H3,(H,21,24). The Bertz CT molecular complexity index is 1080. The van der Waals surface area contributed by atoms with E-state index in [9.17, 15) is 4.79 Å². The maximum atomic E-state index is 12.7. The lowest BCUT2D eigenvalue weighted by atomic mass is 10.0. The first kappa shape index (κ1) is 15.0. The molecule has 0 aliphatic carbocycles. The van der Waals surface area contributed by atoms with Crippen LogP contribution in [-0.2, 0) is 0 Å². The van der Waals surface area contributed by atoms with E-state index in [1.54, 1.807) is 42.2 Å². The molecule has 3 heterocycles. The van der Waals surface area contributed by atoms with Crippen LogP contribution in [-0.4, -0.2) is 30.6 Å². The van der Waals surface area contributed by atoms with Gasteiger partial charge in [-0.25, -0.2) is 9.50 Å². The molecular weight excluding hydrogens is 320 g/mol. The fourth-order valence-corrected chi connectivity index (χ4v) is 2.53. The van der Waals surface area contributed by atoms with Crippen molar-refractivity contribution in [2.75, 3.05) is 5.32 Å². The second kappa shape index (κ2) is 5.82. The molecule has 0 aliphatic rings. The number of amides is 1. The monoisotopic (exact) mass is 334 g/mol. The number of nitrogens with one attached hydrogen (secondary N) is 1. The number of nitrogens with zero attached hydrogens (tertiary/aromatic N) is 5. The average molecular weight is 334 g/mol. The minimum atomic E-state index is -0.250. The van der Waals surface area contributed by atoms with Gasteiger partial charge in [0.25, 0.3) is 5.91 Å². The summed E-state index contributed by atoms with van der Waals surface area (Å²) in [4.78, 5) is 21.2. The molecule has 8 heteroatoms. The highest BCUT2D eigenvalue weighted by atomic mass is 16.5. The quantitative estimate of drug-likeness (QED) is 0.618. The van der Waals surface area contributed by atoms with E-state index in [4.69, 9.17) is 4.52 Å². The molecule has 0 radical (unpaired) electrons. The van der Waals surface area contributed by atoms with Gasteiger partial charge in [0.2, 0.25) is 11.7 Å². The largest absolute Gasteiger partial charge is 0.339 e. The molecule has 0 saturated heterocycles. The van der Waals surface area contributed by atoms with Crippen LogP contribution in [0.15, 0.2) is 47.4 Å². The van der Waals surface area contributed by atoms with Gasteiger partial charge >= 0.3 is 0 Å². The van der Waals surface area contributed by atoms with Gasteiger partial charge in [-0.05, 0) is 24.6 Å². The van der Waals surface area contributed by atoms with E-state index in [0.717, 1.165) is 5.56 Å². The summed E-state index contributed by atoms with van der Waals surface area (Å²) in [5, 5.41) is 10.9. The summed E-state index contributed by atoms with van der Waals surface area (Å²) in [5.41, 5.74) is 3.20. The molecule has 1 aromatic carbocycles. The molecule has 0 bridgehead atoms. The molecule has 4 rings (SSSR count). The Morgan fingerprint density at radius 3 is 2.96 bits per heavy atom. The van der Waals surface area contributed by atoms with Crippen molar-refractivity contribution >= 4 is 17.2 Å². The first-order chi connectivity index (χ1) is 12.1. The second-order valence-electron chi connectivity index (χ2n) is 5.57. The highest BCUT2D eigenvalue weighted by molar-refractivity contribution is 6.07. The zero-order valence-electron chi connectivity index (χ0n) is 13.6. The minimum Gasteiger partial charge on any atom is -0.339 e. The van der Waals surface area contributed by atoms with Crippen molar-refractivity contribution in [3.8, 4) is 11.4 Å². The molecule has 1 N–H and O–H groups in total. The summed E-state index contributed by atoms with van der Waals surface area (Å²) < 4.78 is 6.60. The van der Waals surface area contributed by atoms with Crippen LogP contribution < -0.4 is 5.32 Å². The van der Waals surface area contributed by atoms with E-state index < -0.39 is 0 Å². The third-order valence-electron chi connectivity index (χ3n) is 3.80. The molecule has 1 amide bonds. The summed E-state index contributed by atoms with van der Waals surface area (Å²) in [6.45, 7) is 3.59. The molecule has 124 valence electrons. The molecule has 0 spiro atoms. The maximum absolute atomic E-state index is 12.7. The fraction of sp³-hybridized carbons (Fsp3) is 0.118. The molecule has 3 aromatic heterocycles. The van der Waals surface area contributed by atoms with Crippen LogP contribution >= 0.6 is 0 Å². The zero-order valence-corrected chi connectivity index (χ0v) is 13.6. The molecule has 0 atom stereocenters. The highest BCUT2D eigenvalue weighted by Gasteiger charge is 2.15. The van der Waals surface area contributed by atoms with E-state index in [-0.39, 0.29) is 5.91 Å². The first-order valence-corrected chi connectivity index (χ1v) is 7.63. The van der Waals surface area contributed by atoms with Crippen molar-refractivity contribution in [2.24, 2.45) is 0 Å². The highest BCUT2D eigenvalue weighted by Crippen LogP contribution is 2.22. The number of anilines is 1. The SMILES string of the molecule is Cc1nc(-c2ccc(C)c(C(=O)Nc3cnn4cccnc34)c2)no1. The predicted octanol–water partition coefficient (Wildman–Crippen LogP) is 2.65. The molecule has 0 fully saturated rings. The topological polar surface area (TPSA) is 98.2 Å². The Morgan fingerprint density at radius 1 is 1.28 bits per heavy atom. The zero-order chi connectivity index (χ0) is 17.4. The van der Waals surface area contributed by atoms with Gasteiger partial charge in [-0.1, -0.05) is 17.3 Å². The van der Waals surface area contributed by atoms with Crippen LogP contribution in [0.5, 0.6) is 0 Å². The molecule has 0 unspecified atom stereocenters. The van der Waals surface area contributed by atoms with E-state index >= 15 is 0 Å². The number of carbonyl (C=O) groups is 1. The van der Waals surface area contributed by atoms with E-state index in [0.29, 0.717) is 34.2 Å². The van der Waals surface area contributed by atoms with E-state index in [2.05, 4.69) is 25.5 Å². The number of carbonyl (C=O) groups excluding carboxylic acids is 1. The number of aromatic nitrogens is 5. The molecule has 4 aromatic rings. The summed E-state index contributed by atoms with van der Waals surface area (Å²) >= 11 is 0. The first-order valence-electron chi connectivity index (χ1n) is 7.63. The van der Waals surface area contributed by atoms with Gasteiger partial charge < -0.3 is 9.84 Å². The lowest BCUT2D eigenvalue weighted by molar-refractivity contribution is 0.102. The molecular formula is C17H14N6O2. The third-order valence-corrected chi connectivity index (χ3v) is 3.80. The van der Waals surface area contributed by atoms with Crippen LogP contribution in [0.25, 0.3) is 17.0 Å². The number of fused-ring (bicyclic) bond motifs is 1.